The first kappa shape index (κ1) is 8.90. The van der Waals surface area contributed by atoms with Crippen LogP contribution in [0.3, 0.4) is 0 Å². The number of carbonyl (C=O) groups excluding carboxylic acids is 2. The molecule has 0 aliphatic rings. The van der Waals surface area contributed by atoms with Crippen LogP contribution >= 0.6 is 0 Å². The van der Waals surface area contributed by atoms with E-state index in [1.807, 2.05) is 5.32 Å². The summed E-state index contributed by atoms with van der Waals surface area (Å²) >= 11 is 0. The normalized spacial score (nSPS) is 12.2. The van der Waals surface area contributed by atoms with E-state index in [9.17, 15) is 9.59 Å². The molecular weight excluding hydrogens is 134 g/mol. The number of rotatable bonds is 2. The molecule has 0 aliphatic carbocycles. The van der Waals surface area contributed by atoms with E-state index in [4.69, 9.17) is 0 Å². The second kappa shape index (κ2) is 3.84. The molecule has 0 fully saturated rings. The van der Waals surface area contributed by atoms with Crippen molar-refractivity contribution >= 4 is 11.9 Å². The van der Waals surface area contributed by atoms with Crippen LogP contribution < -0.4 is 16.4 Å². The van der Waals surface area contributed by atoms with Gasteiger partial charge in [0.05, 0.1) is 6.04 Å². The van der Waals surface area contributed by atoms with Crippen LogP contribution in [0.25, 0.3) is 0 Å². The standard InChI is InChI=1S/C5H11N3O2/c1-3(7-2)4(9)8-5(6)10/h3,7H,1-2H3,(H3,6,8,9,10). The Labute approximate surface area is 59.0 Å². The maximum atomic E-state index is 10.7. The topological polar surface area (TPSA) is 84.2 Å². The summed E-state index contributed by atoms with van der Waals surface area (Å²) in [5.41, 5.74) is 4.69. The first-order valence-corrected chi connectivity index (χ1v) is 2.85. The third-order valence-electron chi connectivity index (χ3n) is 1.07. The van der Waals surface area contributed by atoms with Crippen molar-refractivity contribution in [3.63, 3.8) is 0 Å². The molecule has 5 heteroatoms. The first-order chi connectivity index (χ1) is 4.57. The highest BCUT2D eigenvalue weighted by molar-refractivity contribution is 5.96. The Kier molecular flexibility index (Phi) is 3.42. The van der Waals surface area contributed by atoms with E-state index < -0.39 is 18.0 Å². The van der Waals surface area contributed by atoms with E-state index in [-0.39, 0.29) is 0 Å². The van der Waals surface area contributed by atoms with Gasteiger partial charge in [0, 0.05) is 0 Å². The summed E-state index contributed by atoms with van der Waals surface area (Å²) in [6, 6.07) is -1.22. The number of nitrogens with one attached hydrogen (secondary N) is 2. The Morgan fingerprint density at radius 3 is 2.30 bits per heavy atom. The van der Waals surface area contributed by atoms with Crippen LogP contribution in [0.1, 0.15) is 6.92 Å². The third-order valence-corrected chi connectivity index (χ3v) is 1.07. The van der Waals surface area contributed by atoms with Gasteiger partial charge < -0.3 is 11.1 Å². The molecule has 0 spiro atoms. The Bertz CT molecular complexity index is 146. The van der Waals surface area contributed by atoms with Gasteiger partial charge in [-0.1, -0.05) is 0 Å². The number of hydrogen-bond acceptors (Lipinski definition) is 3. The second-order valence-electron chi connectivity index (χ2n) is 1.86. The molecule has 10 heavy (non-hydrogen) atoms. The maximum Gasteiger partial charge on any atom is 0.318 e. The molecule has 0 radical (unpaired) electrons. The van der Waals surface area contributed by atoms with E-state index >= 15 is 0 Å². The average Bonchev–Trinajstić information content (AvgIpc) is 1.85. The van der Waals surface area contributed by atoms with Crippen LogP contribution in [-0.4, -0.2) is 25.0 Å². The summed E-state index contributed by atoms with van der Waals surface area (Å²) in [6.07, 6.45) is 0. The molecule has 3 amide bonds. The molecule has 0 aromatic rings. The number of primary amides is 1. The molecule has 5 nitrogen and oxygen atoms in total. The quantitative estimate of drug-likeness (QED) is 0.455. The van der Waals surface area contributed by atoms with Gasteiger partial charge in [-0.15, -0.1) is 0 Å². The highest BCUT2D eigenvalue weighted by atomic mass is 16.2. The molecule has 0 saturated heterocycles. The predicted molar refractivity (Wildman–Crippen MR) is 36.2 cm³/mol. The van der Waals surface area contributed by atoms with Crippen molar-refractivity contribution in [2.24, 2.45) is 5.73 Å². The smallest absolute Gasteiger partial charge is 0.318 e. The van der Waals surface area contributed by atoms with Gasteiger partial charge in [0.25, 0.3) is 0 Å². The van der Waals surface area contributed by atoms with Gasteiger partial charge in [0.1, 0.15) is 0 Å². The fraction of sp³-hybridized carbons (Fsp3) is 0.600. The number of carbonyl (C=O) groups is 2. The minimum Gasteiger partial charge on any atom is -0.351 e. The summed E-state index contributed by atoms with van der Waals surface area (Å²) in [4.78, 5) is 20.8. The van der Waals surface area contributed by atoms with Crippen LogP contribution in [0, 0.1) is 0 Å². The van der Waals surface area contributed by atoms with Gasteiger partial charge in [0.15, 0.2) is 0 Å². The van der Waals surface area contributed by atoms with Crippen LogP contribution in [0.2, 0.25) is 0 Å². The Balaban J connectivity index is 3.73. The van der Waals surface area contributed by atoms with E-state index in [1.54, 1.807) is 14.0 Å². The van der Waals surface area contributed by atoms with Crippen LogP contribution in [0.4, 0.5) is 4.79 Å². The van der Waals surface area contributed by atoms with Gasteiger partial charge in [-0.2, -0.15) is 0 Å². The molecule has 1 atom stereocenters. The molecule has 4 N–H and O–H groups in total. The summed E-state index contributed by atoms with van der Waals surface area (Å²) in [5.74, 6) is -0.421. The summed E-state index contributed by atoms with van der Waals surface area (Å²) < 4.78 is 0. The summed E-state index contributed by atoms with van der Waals surface area (Å²) in [7, 11) is 1.62. The molecule has 0 aromatic heterocycles. The van der Waals surface area contributed by atoms with Crippen molar-refractivity contribution < 1.29 is 9.59 Å². The van der Waals surface area contributed by atoms with Crippen molar-refractivity contribution in [1.29, 1.82) is 0 Å². The lowest BCUT2D eigenvalue weighted by atomic mass is 10.3. The molecule has 0 saturated carbocycles. The Morgan fingerprint density at radius 1 is 1.50 bits per heavy atom. The van der Waals surface area contributed by atoms with Gasteiger partial charge >= 0.3 is 6.03 Å². The van der Waals surface area contributed by atoms with E-state index in [1.165, 1.54) is 0 Å². The summed E-state index contributed by atoms with van der Waals surface area (Å²) in [5, 5.41) is 4.58. The molecule has 58 valence electrons. The van der Waals surface area contributed by atoms with Crippen molar-refractivity contribution in [3.05, 3.63) is 0 Å². The third kappa shape index (κ3) is 3.03. The van der Waals surface area contributed by atoms with Crippen molar-refractivity contribution in [1.82, 2.24) is 10.6 Å². The zero-order chi connectivity index (χ0) is 8.15. The van der Waals surface area contributed by atoms with E-state index in [2.05, 4.69) is 11.1 Å². The predicted octanol–water partition coefficient (Wildman–Crippen LogP) is -1.21. The van der Waals surface area contributed by atoms with Crippen molar-refractivity contribution in [2.75, 3.05) is 7.05 Å². The largest absolute Gasteiger partial charge is 0.351 e. The number of likely N-dealkylation sites (N-methyl/N-ethyl adjacent to an activating group) is 1. The molecule has 0 heterocycles. The molecule has 0 bridgehead atoms. The van der Waals surface area contributed by atoms with Gasteiger partial charge in [-0.25, -0.2) is 4.79 Å². The number of nitrogens with two attached hydrogens (primary N) is 1. The molecule has 0 aromatic carbocycles. The van der Waals surface area contributed by atoms with E-state index in [0.29, 0.717) is 0 Å². The van der Waals surface area contributed by atoms with Crippen LogP contribution in [0.5, 0.6) is 0 Å². The Hall–Kier alpha value is -1.10. The lowest BCUT2D eigenvalue weighted by Crippen LogP contribution is -2.45. The number of hydrogen-bond donors (Lipinski definition) is 3. The van der Waals surface area contributed by atoms with Crippen molar-refractivity contribution in [3.8, 4) is 0 Å². The van der Waals surface area contributed by atoms with Gasteiger partial charge in [0.2, 0.25) is 5.91 Å². The SMILES string of the molecule is CNC(C)C(=O)NC(N)=O. The monoisotopic (exact) mass is 145 g/mol. The molecular formula is C5H11N3O2. The van der Waals surface area contributed by atoms with Gasteiger partial charge in [-0.3, -0.25) is 10.1 Å². The van der Waals surface area contributed by atoms with Crippen LogP contribution in [0.15, 0.2) is 0 Å². The fourth-order valence-corrected chi connectivity index (χ4v) is 0.361. The number of urea groups is 1. The van der Waals surface area contributed by atoms with Crippen LogP contribution in [-0.2, 0) is 4.79 Å². The second-order valence-corrected chi connectivity index (χ2v) is 1.86. The van der Waals surface area contributed by atoms with Crippen molar-refractivity contribution in [2.45, 2.75) is 13.0 Å². The first-order valence-electron chi connectivity index (χ1n) is 2.85. The minimum absolute atomic E-state index is 0.396. The maximum absolute atomic E-state index is 10.7. The lowest BCUT2D eigenvalue weighted by Gasteiger charge is -2.07. The lowest BCUT2D eigenvalue weighted by molar-refractivity contribution is -0.121. The van der Waals surface area contributed by atoms with E-state index in [0.717, 1.165) is 0 Å². The number of amides is 3. The minimum atomic E-state index is -0.827. The highest BCUT2D eigenvalue weighted by Crippen LogP contribution is 1.77. The molecule has 0 rings (SSSR count). The molecule has 1 unspecified atom stereocenters. The average molecular weight is 145 g/mol. The fourth-order valence-electron chi connectivity index (χ4n) is 0.361. The molecule has 0 aliphatic heterocycles. The zero-order valence-corrected chi connectivity index (χ0v) is 5.97. The highest BCUT2D eigenvalue weighted by Gasteiger charge is 2.10. The number of imide groups is 1. The Morgan fingerprint density at radius 2 is 2.00 bits per heavy atom. The summed E-state index contributed by atoms with van der Waals surface area (Å²) in [6.45, 7) is 1.62. The van der Waals surface area contributed by atoms with Gasteiger partial charge in [-0.05, 0) is 14.0 Å². The zero-order valence-electron chi connectivity index (χ0n) is 5.97.